The molecule has 0 saturated carbocycles. The van der Waals surface area contributed by atoms with Gasteiger partial charge in [0, 0.05) is 36.2 Å². The molecule has 0 bridgehead atoms. The van der Waals surface area contributed by atoms with Crippen molar-refractivity contribution in [3.8, 4) is 0 Å². The topological polar surface area (TPSA) is 107 Å². The molecule has 3 heterocycles. The third-order valence-electron chi connectivity index (χ3n) is 10.4. The van der Waals surface area contributed by atoms with E-state index < -0.39 is 12.1 Å². The Labute approximate surface area is 275 Å². The van der Waals surface area contributed by atoms with Crippen LogP contribution in [0.4, 0.5) is 4.79 Å². The summed E-state index contributed by atoms with van der Waals surface area (Å²) in [4.78, 5) is 47.9. The number of carbonyl (C=O) groups is 3. The van der Waals surface area contributed by atoms with Gasteiger partial charge in [0.15, 0.2) is 0 Å². The van der Waals surface area contributed by atoms with Gasteiger partial charge in [-0.2, -0.15) is 0 Å². The Morgan fingerprint density at radius 3 is 2.57 bits per heavy atom. The first-order chi connectivity index (χ1) is 22.9. The number of hydrogen-bond acceptors (Lipinski definition) is 5. The molecule has 7 rings (SSSR count). The number of aromatic nitrogens is 1. The number of benzene rings is 3. The standard InChI is InChI=1S/C38H43N5O4/c1-24(42(2)38(46)47-23-25-11-4-3-5-12-25)36(44)39-27-21-30-29-16-8-9-17-32(29)40-35(30)33-19-20-34(43(33)22-27)37(45)41-31-18-10-14-26-13-6-7-15-28(26)31/h3-9,11-13,15-17,24,27,31,33-34,40H,10,14,18-23H2,1-2H3,(H,39,44)(H,41,45)/t24-,27-,31+,33+,34+/m0/s1. The summed E-state index contributed by atoms with van der Waals surface area (Å²) < 4.78 is 5.49. The molecule has 0 spiro atoms. The van der Waals surface area contributed by atoms with Crippen molar-refractivity contribution < 1.29 is 19.1 Å². The van der Waals surface area contributed by atoms with Crippen molar-refractivity contribution in [2.45, 2.75) is 82.3 Å². The van der Waals surface area contributed by atoms with Gasteiger partial charge in [-0.15, -0.1) is 0 Å². The largest absolute Gasteiger partial charge is 0.445 e. The van der Waals surface area contributed by atoms with E-state index in [9.17, 15) is 14.4 Å². The minimum absolute atomic E-state index is 0.00986. The number of H-pyrrole nitrogens is 1. The van der Waals surface area contributed by atoms with Gasteiger partial charge in [-0.3, -0.25) is 19.4 Å². The van der Waals surface area contributed by atoms with E-state index in [0.717, 1.165) is 54.3 Å². The number of carbonyl (C=O) groups excluding carboxylic acids is 3. The lowest BCUT2D eigenvalue weighted by atomic mass is 9.87. The summed E-state index contributed by atoms with van der Waals surface area (Å²) in [5.74, 6) is -0.207. The minimum Gasteiger partial charge on any atom is -0.445 e. The number of nitrogens with one attached hydrogen (secondary N) is 3. The zero-order chi connectivity index (χ0) is 32.5. The maximum Gasteiger partial charge on any atom is 0.410 e. The van der Waals surface area contributed by atoms with Crippen LogP contribution in [0.2, 0.25) is 0 Å². The van der Waals surface area contributed by atoms with Crippen LogP contribution >= 0.6 is 0 Å². The van der Waals surface area contributed by atoms with E-state index in [-0.39, 0.29) is 42.6 Å². The first-order valence-corrected chi connectivity index (χ1v) is 16.8. The minimum atomic E-state index is -0.746. The highest BCUT2D eigenvalue weighted by Crippen LogP contribution is 2.42. The molecule has 0 radical (unpaired) electrons. The van der Waals surface area contributed by atoms with Crippen LogP contribution in [0.15, 0.2) is 78.9 Å². The molecule has 9 nitrogen and oxygen atoms in total. The average Bonchev–Trinajstić information content (AvgIpc) is 3.64. The molecular weight excluding hydrogens is 590 g/mol. The van der Waals surface area contributed by atoms with Crippen molar-refractivity contribution in [1.82, 2.24) is 25.4 Å². The average molecular weight is 634 g/mol. The highest BCUT2D eigenvalue weighted by molar-refractivity contribution is 5.87. The number of hydrogen-bond donors (Lipinski definition) is 3. The van der Waals surface area contributed by atoms with Gasteiger partial charge < -0.3 is 20.4 Å². The van der Waals surface area contributed by atoms with E-state index in [1.165, 1.54) is 21.6 Å². The Morgan fingerprint density at radius 1 is 0.957 bits per heavy atom. The fourth-order valence-electron chi connectivity index (χ4n) is 7.75. The van der Waals surface area contributed by atoms with Crippen LogP contribution in [-0.2, 0) is 33.8 Å². The van der Waals surface area contributed by atoms with Crippen molar-refractivity contribution in [2.24, 2.45) is 0 Å². The van der Waals surface area contributed by atoms with E-state index in [2.05, 4.69) is 56.9 Å². The van der Waals surface area contributed by atoms with E-state index in [1.807, 2.05) is 42.5 Å². The predicted octanol–water partition coefficient (Wildman–Crippen LogP) is 5.57. The van der Waals surface area contributed by atoms with Crippen molar-refractivity contribution in [3.63, 3.8) is 0 Å². The molecule has 1 saturated heterocycles. The first-order valence-electron chi connectivity index (χ1n) is 16.8. The van der Waals surface area contributed by atoms with Gasteiger partial charge in [-0.25, -0.2) is 4.79 Å². The molecule has 3 aromatic carbocycles. The molecule has 2 aliphatic heterocycles. The molecule has 0 unspecified atom stereocenters. The highest BCUT2D eigenvalue weighted by Gasteiger charge is 2.44. The summed E-state index contributed by atoms with van der Waals surface area (Å²) in [7, 11) is 1.59. The van der Waals surface area contributed by atoms with Crippen molar-refractivity contribution in [3.05, 3.63) is 107 Å². The second kappa shape index (κ2) is 13.2. The number of fused-ring (bicyclic) bond motifs is 6. The summed E-state index contributed by atoms with van der Waals surface area (Å²) in [6, 6.07) is 24.9. The smallest absolute Gasteiger partial charge is 0.410 e. The molecule has 3 aliphatic rings. The summed E-state index contributed by atoms with van der Waals surface area (Å²) in [5.41, 5.74) is 6.80. The maximum absolute atomic E-state index is 14.0. The Kier molecular flexibility index (Phi) is 8.73. The van der Waals surface area contributed by atoms with Gasteiger partial charge in [-0.1, -0.05) is 72.8 Å². The molecule has 5 atom stereocenters. The summed E-state index contributed by atoms with van der Waals surface area (Å²) in [6.45, 7) is 2.38. The Morgan fingerprint density at radius 2 is 1.72 bits per heavy atom. The lowest BCUT2D eigenvalue weighted by Gasteiger charge is -2.33. The highest BCUT2D eigenvalue weighted by atomic mass is 16.6. The van der Waals surface area contributed by atoms with E-state index in [4.69, 9.17) is 4.74 Å². The molecular formula is C38H43N5O4. The zero-order valence-electron chi connectivity index (χ0n) is 27.1. The lowest BCUT2D eigenvalue weighted by Crippen LogP contribution is -2.53. The van der Waals surface area contributed by atoms with Crippen LogP contribution < -0.4 is 10.6 Å². The number of aromatic amines is 1. The quantitative estimate of drug-likeness (QED) is 0.247. The molecule has 1 aliphatic carbocycles. The fourth-order valence-corrected chi connectivity index (χ4v) is 7.75. The first kappa shape index (κ1) is 31.0. The molecule has 1 aromatic heterocycles. The van der Waals surface area contributed by atoms with E-state index in [1.54, 1.807) is 14.0 Å². The van der Waals surface area contributed by atoms with Gasteiger partial charge in [-0.05, 0) is 73.8 Å². The van der Waals surface area contributed by atoms with Crippen molar-refractivity contribution in [2.75, 3.05) is 13.6 Å². The number of para-hydroxylation sites is 1. The second-order valence-corrected chi connectivity index (χ2v) is 13.3. The summed E-state index contributed by atoms with van der Waals surface area (Å²) in [6.07, 6.45) is 4.69. The maximum atomic E-state index is 14.0. The number of rotatable bonds is 7. The van der Waals surface area contributed by atoms with Crippen LogP contribution in [0.3, 0.4) is 0 Å². The molecule has 9 heteroatoms. The number of likely N-dealkylation sites (N-methyl/N-ethyl adjacent to an activating group) is 1. The third kappa shape index (κ3) is 6.24. The van der Waals surface area contributed by atoms with Crippen LogP contribution in [0.1, 0.15) is 72.6 Å². The molecule has 1 fully saturated rings. The van der Waals surface area contributed by atoms with E-state index >= 15 is 0 Å². The normalized spacial score (nSPS) is 22.7. The van der Waals surface area contributed by atoms with Crippen LogP contribution in [0.25, 0.3) is 10.9 Å². The lowest BCUT2D eigenvalue weighted by molar-refractivity contribution is -0.127. The number of amides is 3. The summed E-state index contributed by atoms with van der Waals surface area (Å²) in [5, 5.41) is 7.81. The van der Waals surface area contributed by atoms with Gasteiger partial charge in [0.05, 0.1) is 18.1 Å². The van der Waals surface area contributed by atoms with E-state index in [0.29, 0.717) is 13.0 Å². The number of nitrogens with zero attached hydrogens (tertiary/aromatic N) is 2. The zero-order valence-corrected chi connectivity index (χ0v) is 27.1. The molecule has 47 heavy (non-hydrogen) atoms. The van der Waals surface area contributed by atoms with Gasteiger partial charge in [0.1, 0.15) is 12.6 Å². The molecule has 4 aromatic rings. The van der Waals surface area contributed by atoms with Gasteiger partial charge >= 0.3 is 6.09 Å². The van der Waals surface area contributed by atoms with Crippen LogP contribution in [-0.4, -0.2) is 64.4 Å². The monoisotopic (exact) mass is 633 g/mol. The number of ether oxygens (including phenoxy) is 1. The molecule has 244 valence electrons. The Bertz CT molecular complexity index is 1770. The number of aryl methyl sites for hydroxylation is 1. The van der Waals surface area contributed by atoms with Crippen LogP contribution in [0.5, 0.6) is 0 Å². The Hall–Kier alpha value is -4.63. The van der Waals surface area contributed by atoms with Crippen molar-refractivity contribution in [1.29, 1.82) is 0 Å². The van der Waals surface area contributed by atoms with Gasteiger partial charge in [0.2, 0.25) is 11.8 Å². The van der Waals surface area contributed by atoms with Crippen LogP contribution in [0, 0.1) is 0 Å². The predicted molar refractivity (Wildman–Crippen MR) is 181 cm³/mol. The van der Waals surface area contributed by atoms with Crippen molar-refractivity contribution >= 4 is 28.8 Å². The SMILES string of the molecule is C[C@@H](C(=O)N[C@H]1Cc2c([nH]c3ccccc23)[C@H]2CC[C@H](C(=O)N[C@@H]3CCCc4ccccc43)N2C1)N(C)C(=O)OCc1ccccc1. The third-order valence-corrected chi connectivity index (χ3v) is 10.4. The second-order valence-electron chi connectivity index (χ2n) is 13.3. The molecule has 3 amide bonds. The Balaban J connectivity index is 1.09. The molecule has 3 N–H and O–H groups in total. The fraction of sp³-hybridized carbons (Fsp3) is 0.395. The van der Waals surface area contributed by atoms with Gasteiger partial charge in [0.25, 0.3) is 0 Å². The summed E-state index contributed by atoms with van der Waals surface area (Å²) >= 11 is 0.